The van der Waals surface area contributed by atoms with Gasteiger partial charge in [0, 0.05) is 30.2 Å². The van der Waals surface area contributed by atoms with Crippen LogP contribution in [0.1, 0.15) is 28.3 Å². The molecule has 2 heterocycles. The molecule has 1 aliphatic heterocycles. The zero-order valence-electron chi connectivity index (χ0n) is 13.6. The molecule has 23 heavy (non-hydrogen) atoms. The minimum Gasteiger partial charge on any atom is -0.390 e. The Bertz CT molecular complexity index is 837. The van der Waals surface area contributed by atoms with Gasteiger partial charge in [0.05, 0.1) is 12.1 Å². The molecule has 1 aromatic heterocycles. The Hall–Kier alpha value is -2.10. The molecule has 0 amide bonds. The first-order valence-corrected chi connectivity index (χ1v) is 8.18. The number of aromatic nitrogens is 1. The molecule has 4 rings (SSSR count). The van der Waals surface area contributed by atoms with Gasteiger partial charge < -0.3 is 10.1 Å². The molecule has 1 aliphatic rings. The summed E-state index contributed by atoms with van der Waals surface area (Å²) in [5.74, 6) is 0. The van der Waals surface area contributed by atoms with Crippen LogP contribution in [0.3, 0.4) is 0 Å². The average molecular weight is 306 g/mol. The summed E-state index contributed by atoms with van der Waals surface area (Å²) in [6.45, 7) is 5.94. The number of likely N-dealkylation sites (tertiary alicyclic amines) is 1. The second kappa shape index (κ2) is 5.52. The van der Waals surface area contributed by atoms with Crippen molar-refractivity contribution in [3.05, 3.63) is 70.9 Å². The maximum absolute atomic E-state index is 10.2. The number of H-pyrrole nitrogens is 1. The number of nitrogens with one attached hydrogen (secondary N) is 1. The van der Waals surface area contributed by atoms with Crippen LogP contribution in [0.25, 0.3) is 10.9 Å². The molecule has 2 aromatic carbocycles. The maximum Gasteiger partial charge on any atom is 0.0864 e. The number of aromatic amines is 1. The molecule has 1 fully saturated rings. The lowest BCUT2D eigenvalue weighted by atomic mass is 9.90. The normalized spacial score (nSPS) is 21.5. The number of rotatable bonds is 3. The van der Waals surface area contributed by atoms with Gasteiger partial charge in [-0.3, -0.25) is 4.90 Å². The fourth-order valence-corrected chi connectivity index (χ4v) is 3.86. The summed E-state index contributed by atoms with van der Waals surface area (Å²) >= 11 is 0. The minimum absolute atomic E-state index is 0.103. The van der Waals surface area contributed by atoms with Gasteiger partial charge in [0.2, 0.25) is 0 Å². The van der Waals surface area contributed by atoms with Crippen LogP contribution >= 0.6 is 0 Å². The van der Waals surface area contributed by atoms with Gasteiger partial charge >= 0.3 is 0 Å². The number of nitrogens with zero attached hydrogens (tertiary/aromatic N) is 1. The van der Waals surface area contributed by atoms with Gasteiger partial charge in [0.15, 0.2) is 0 Å². The summed E-state index contributed by atoms with van der Waals surface area (Å²) in [5.41, 5.74) is 6.39. The summed E-state index contributed by atoms with van der Waals surface area (Å²) in [6, 6.07) is 14.8. The topological polar surface area (TPSA) is 39.3 Å². The van der Waals surface area contributed by atoms with Gasteiger partial charge in [0.25, 0.3) is 0 Å². The van der Waals surface area contributed by atoms with E-state index in [0.29, 0.717) is 0 Å². The van der Waals surface area contributed by atoms with Gasteiger partial charge in [-0.15, -0.1) is 0 Å². The van der Waals surface area contributed by atoms with Crippen LogP contribution in [0.2, 0.25) is 0 Å². The first-order chi connectivity index (χ1) is 11.1. The van der Waals surface area contributed by atoms with Crippen LogP contribution in [0.15, 0.2) is 48.7 Å². The average Bonchev–Trinajstić information content (AvgIpc) is 3.01. The van der Waals surface area contributed by atoms with Gasteiger partial charge in [-0.05, 0) is 42.2 Å². The second-order valence-corrected chi connectivity index (χ2v) is 6.61. The lowest BCUT2D eigenvalue weighted by Crippen LogP contribution is -2.52. The van der Waals surface area contributed by atoms with Crippen molar-refractivity contribution in [3.63, 3.8) is 0 Å². The van der Waals surface area contributed by atoms with Gasteiger partial charge in [0.1, 0.15) is 0 Å². The number of fused-ring (bicyclic) bond motifs is 1. The quantitative estimate of drug-likeness (QED) is 0.774. The third-order valence-electron chi connectivity index (χ3n) is 5.06. The zero-order chi connectivity index (χ0) is 16.0. The van der Waals surface area contributed by atoms with E-state index >= 15 is 0 Å². The monoisotopic (exact) mass is 306 g/mol. The summed E-state index contributed by atoms with van der Waals surface area (Å²) in [5, 5.41) is 11.5. The van der Waals surface area contributed by atoms with Crippen LogP contribution in [0.4, 0.5) is 0 Å². The SMILES string of the molecule is Cc1cc(C)c2[nH]ccc2c1CN1C[C@H](O)C1c1ccccc1. The van der Waals surface area contributed by atoms with Crippen LogP contribution in [-0.4, -0.2) is 27.6 Å². The largest absolute Gasteiger partial charge is 0.390 e. The molecule has 2 N–H and O–H groups in total. The van der Waals surface area contributed by atoms with E-state index in [1.54, 1.807) is 0 Å². The Morgan fingerprint density at radius 2 is 1.91 bits per heavy atom. The van der Waals surface area contributed by atoms with Crippen LogP contribution in [-0.2, 0) is 6.54 Å². The molecular formula is C20H22N2O. The van der Waals surface area contributed by atoms with E-state index in [-0.39, 0.29) is 12.1 Å². The highest BCUT2D eigenvalue weighted by molar-refractivity contribution is 5.87. The van der Waals surface area contributed by atoms with E-state index in [9.17, 15) is 5.11 Å². The van der Waals surface area contributed by atoms with E-state index in [2.05, 4.69) is 48.0 Å². The van der Waals surface area contributed by atoms with Crippen molar-refractivity contribution >= 4 is 10.9 Å². The van der Waals surface area contributed by atoms with Gasteiger partial charge in [-0.25, -0.2) is 0 Å². The van der Waals surface area contributed by atoms with E-state index < -0.39 is 0 Å². The van der Waals surface area contributed by atoms with Crippen LogP contribution in [0, 0.1) is 13.8 Å². The Morgan fingerprint density at radius 3 is 2.65 bits per heavy atom. The van der Waals surface area contributed by atoms with Gasteiger partial charge in [-0.1, -0.05) is 36.4 Å². The summed E-state index contributed by atoms with van der Waals surface area (Å²) in [4.78, 5) is 5.71. The Balaban J connectivity index is 1.68. The summed E-state index contributed by atoms with van der Waals surface area (Å²) < 4.78 is 0. The smallest absolute Gasteiger partial charge is 0.0864 e. The van der Waals surface area contributed by atoms with Crippen molar-refractivity contribution in [1.29, 1.82) is 0 Å². The van der Waals surface area contributed by atoms with Crippen molar-refractivity contribution in [3.8, 4) is 0 Å². The van der Waals surface area contributed by atoms with Crippen molar-refractivity contribution in [2.75, 3.05) is 6.54 Å². The molecule has 0 saturated carbocycles. The fourth-order valence-electron chi connectivity index (χ4n) is 3.86. The fraction of sp³-hybridized carbons (Fsp3) is 0.300. The number of β-amino-alcohol motifs (C(OH)–C–C–N with tert-alkyl or cyclic N) is 1. The van der Waals surface area contributed by atoms with Crippen molar-refractivity contribution < 1.29 is 5.11 Å². The molecule has 3 nitrogen and oxygen atoms in total. The highest BCUT2D eigenvalue weighted by Crippen LogP contribution is 2.36. The molecule has 2 atom stereocenters. The first-order valence-electron chi connectivity index (χ1n) is 8.18. The minimum atomic E-state index is -0.273. The zero-order valence-corrected chi connectivity index (χ0v) is 13.6. The lowest BCUT2D eigenvalue weighted by Gasteiger charge is -2.46. The van der Waals surface area contributed by atoms with Crippen molar-refractivity contribution in [2.45, 2.75) is 32.5 Å². The molecule has 0 bridgehead atoms. The Kier molecular flexibility index (Phi) is 3.47. The standard InChI is InChI=1S/C20H22N2O/c1-13-10-14(2)19-16(8-9-21-19)17(13)11-22-12-18(23)20(22)15-6-4-3-5-7-15/h3-10,18,20-21,23H,11-12H2,1-2H3/t18-,20?/m0/s1. The summed E-state index contributed by atoms with van der Waals surface area (Å²) in [7, 11) is 0. The molecule has 0 spiro atoms. The highest BCUT2D eigenvalue weighted by Gasteiger charge is 2.38. The van der Waals surface area contributed by atoms with E-state index in [0.717, 1.165) is 13.1 Å². The van der Waals surface area contributed by atoms with E-state index in [4.69, 9.17) is 0 Å². The number of hydrogen-bond donors (Lipinski definition) is 2. The van der Waals surface area contributed by atoms with Gasteiger partial charge in [-0.2, -0.15) is 0 Å². The van der Waals surface area contributed by atoms with Crippen LogP contribution in [0.5, 0.6) is 0 Å². The third-order valence-corrected chi connectivity index (χ3v) is 5.06. The number of aryl methyl sites for hydroxylation is 2. The molecule has 1 unspecified atom stereocenters. The molecule has 3 aromatic rings. The second-order valence-electron chi connectivity index (χ2n) is 6.61. The first kappa shape index (κ1) is 14.5. The molecule has 1 saturated heterocycles. The predicted octanol–water partition coefficient (Wildman–Crippen LogP) is 3.70. The maximum atomic E-state index is 10.2. The van der Waals surface area contributed by atoms with E-state index in [1.807, 2.05) is 24.4 Å². The predicted molar refractivity (Wildman–Crippen MR) is 93.4 cm³/mol. The summed E-state index contributed by atoms with van der Waals surface area (Å²) in [6.07, 6.45) is 1.74. The third kappa shape index (κ3) is 2.37. The van der Waals surface area contributed by atoms with E-state index in [1.165, 1.54) is 33.2 Å². The lowest BCUT2D eigenvalue weighted by molar-refractivity contribution is -0.0685. The van der Waals surface area contributed by atoms with Crippen LogP contribution < -0.4 is 0 Å². The Morgan fingerprint density at radius 1 is 1.13 bits per heavy atom. The molecular weight excluding hydrogens is 284 g/mol. The highest BCUT2D eigenvalue weighted by atomic mass is 16.3. The molecule has 0 aliphatic carbocycles. The number of benzene rings is 2. The van der Waals surface area contributed by atoms with Crippen molar-refractivity contribution in [1.82, 2.24) is 9.88 Å². The molecule has 0 radical (unpaired) electrons. The number of hydrogen-bond acceptors (Lipinski definition) is 2. The van der Waals surface area contributed by atoms with Crippen molar-refractivity contribution in [2.24, 2.45) is 0 Å². The molecule has 118 valence electrons. The Labute approximate surface area is 136 Å². The molecule has 3 heteroatoms. The number of aliphatic hydroxyl groups is 1. The number of aliphatic hydroxyl groups excluding tert-OH is 1.